The third kappa shape index (κ3) is 3.18. The number of nitrogens with one attached hydrogen (secondary N) is 2. The van der Waals surface area contributed by atoms with Crippen molar-refractivity contribution < 1.29 is 22.4 Å². The summed E-state index contributed by atoms with van der Waals surface area (Å²) in [6.45, 7) is 6.56. The fraction of sp³-hybridized carbons (Fsp3) is 0.643. The number of hydrogen-bond donors (Lipinski definition) is 2. The molecular weight excluding hydrogens is 308 g/mol. The number of rotatable bonds is 4. The Morgan fingerprint density at radius 3 is 2.64 bits per heavy atom. The Balaban J connectivity index is 2.39. The monoisotopic (exact) mass is 330 g/mol. The maximum absolute atomic E-state index is 12.7. The van der Waals surface area contributed by atoms with Crippen LogP contribution in [0, 0.1) is 19.8 Å². The number of sulfonamides is 1. The van der Waals surface area contributed by atoms with Crippen LogP contribution in [0.5, 0.6) is 0 Å². The summed E-state index contributed by atoms with van der Waals surface area (Å²) >= 11 is 0. The lowest BCUT2D eigenvalue weighted by Gasteiger charge is -2.29. The van der Waals surface area contributed by atoms with Crippen molar-refractivity contribution in [1.82, 2.24) is 10.0 Å². The molecule has 0 aliphatic carbocycles. The number of esters is 1. The molecule has 22 heavy (non-hydrogen) atoms. The van der Waals surface area contributed by atoms with Gasteiger partial charge in [-0.1, -0.05) is 6.92 Å². The summed E-state index contributed by atoms with van der Waals surface area (Å²) in [6, 6.07) is -0.175. The summed E-state index contributed by atoms with van der Waals surface area (Å²) in [5, 5.41) is 3.22. The van der Waals surface area contributed by atoms with Crippen LogP contribution in [-0.4, -0.2) is 40.6 Å². The minimum Gasteiger partial charge on any atom is -0.465 e. The zero-order chi connectivity index (χ0) is 16.5. The van der Waals surface area contributed by atoms with Crippen LogP contribution in [0.2, 0.25) is 0 Å². The topological polar surface area (TPSA) is 97.6 Å². The number of carbonyl (C=O) groups is 1. The van der Waals surface area contributed by atoms with Crippen LogP contribution in [-0.2, 0) is 14.8 Å². The predicted octanol–water partition coefficient (Wildman–Crippen LogP) is 0.959. The van der Waals surface area contributed by atoms with E-state index >= 15 is 0 Å². The highest BCUT2D eigenvalue weighted by atomic mass is 32.2. The average Bonchev–Trinajstić information content (AvgIpc) is 2.75. The molecule has 1 fully saturated rings. The van der Waals surface area contributed by atoms with Gasteiger partial charge in [-0.05, 0) is 39.3 Å². The number of aryl methyl sites for hydroxylation is 2. The van der Waals surface area contributed by atoms with Crippen LogP contribution in [0.4, 0.5) is 0 Å². The first-order valence-corrected chi connectivity index (χ1v) is 8.67. The molecule has 1 aliphatic heterocycles. The predicted molar refractivity (Wildman–Crippen MR) is 80.3 cm³/mol. The second-order valence-electron chi connectivity index (χ2n) is 5.61. The van der Waals surface area contributed by atoms with Gasteiger partial charge in [-0.3, -0.25) is 0 Å². The quantitative estimate of drug-likeness (QED) is 0.798. The summed E-state index contributed by atoms with van der Waals surface area (Å²) in [6.07, 6.45) is 0.698. The van der Waals surface area contributed by atoms with E-state index in [1.807, 2.05) is 6.92 Å². The van der Waals surface area contributed by atoms with Gasteiger partial charge in [-0.2, -0.15) is 0 Å². The molecule has 8 heteroatoms. The van der Waals surface area contributed by atoms with Gasteiger partial charge in [-0.15, -0.1) is 0 Å². The Hall–Kier alpha value is -1.38. The van der Waals surface area contributed by atoms with Gasteiger partial charge in [0, 0.05) is 6.04 Å². The Morgan fingerprint density at radius 1 is 1.36 bits per heavy atom. The summed E-state index contributed by atoms with van der Waals surface area (Å²) in [5.74, 6) is -0.124. The number of piperidine rings is 1. The molecule has 2 N–H and O–H groups in total. The van der Waals surface area contributed by atoms with Crippen molar-refractivity contribution in [1.29, 1.82) is 0 Å². The molecule has 0 spiro atoms. The van der Waals surface area contributed by atoms with E-state index in [0.29, 0.717) is 6.42 Å². The minimum absolute atomic E-state index is 0.0333. The highest BCUT2D eigenvalue weighted by molar-refractivity contribution is 7.89. The zero-order valence-electron chi connectivity index (χ0n) is 13.2. The van der Waals surface area contributed by atoms with Crippen molar-refractivity contribution in [2.24, 2.45) is 5.92 Å². The first-order valence-electron chi connectivity index (χ1n) is 7.19. The third-order valence-corrected chi connectivity index (χ3v) is 5.60. The fourth-order valence-electron chi connectivity index (χ4n) is 2.77. The molecule has 1 aliphatic rings. The molecule has 2 atom stereocenters. The van der Waals surface area contributed by atoms with Gasteiger partial charge < -0.3 is 14.5 Å². The van der Waals surface area contributed by atoms with E-state index in [4.69, 9.17) is 4.42 Å². The Kier molecular flexibility index (Phi) is 4.93. The molecule has 2 heterocycles. The number of ether oxygens (including phenoxy) is 1. The standard InChI is InChI=1S/C14H22N2O5S/c1-8-7-15-6-5-11(8)16-22(18,19)13-10(3)21-9(2)12(13)14(17)20-4/h8,11,15-16H,5-7H2,1-4H3. The molecular formula is C14H22N2O5S. The SMILES string of the molecule is COC(=O)c1c(C)oc(C)c1S(=O)(=O)NC1CCNCC1C. The van der Waals surface area contributed by atoms with Crippen LogP contribution in [0.3, 0.4) is 0 Å². The van der Waals surface area contributed by atoms with Gasteiger partial charge in [0.05, 0.1) is 7.11 Å². The van der Waals surface area contributed by atoms with Crippen LogP contribution >= 0.6 is 0 Å². The molecule has 1 aromatic heterocycles. The second-order valence-corrected chi connectivity index (χ2v) is 7.26. The van der Waals surface area contributed by atoms with Crippen molar-refractivity contribution >= 4 is 16.0 Å². The van der Waals surface area contributed by atoms with E-state index in [-0.39, 0.29) is 33.9 Å². The highest BCUT2D eigenvalue weighted by Crippen LogP contribution is 2.28. The van der Waals surface area contributed by atoms with E-state index in [9.17, 15) is 13.2 Å². The summed E-state index contributed by atoms with van der Waals surface area (Å²) in [5.41, 5.74) is -0.0333. The lowest BCUT2D eigenvalue weighted by atomic mass is 9.97. The lowest BCUT2D eigenvalue weighted by Crippen LogP contribution is -2.48. The molecule has 0 amide bonds. The fourth-order valence-corrected chi connectivity index (χ4v) is 4.55. The molecule has 0 radical (unpaired) electrons. The smallest absolute Gasteiger partial charge is 0.342 e. The largest absolute Gasteiger partial charge is 0.465 e. The molecule has 2 unspecified atom stereocenters. The maximum atomic E-state index is 12.7. The minimum atomic E-state index is -3.86. The summed E-state index contributed by atoms with van der Waals surface area (Å²) in [4.78, 5) is 11.8. The number of hydrogen-bond acceptors (Lipinski definition) is 6. The summed E-state index contributed by atoms with van der Waals surface area (Å²) in [7, 11) is -2.65. The number of carbonyl (C=O) groups excluding carboxylic acids is 1. The van der Waals surface area contributed by atoms with E-state index in [1.54, 1.807) is 6.92 Å². The molecule has 0 aromatic carbocycles. The lowest BCUT2D eigenvalue weighted by molar-refractivity contribution is 0.0594. The summed E-state index contributed by atoms with van der Waals surface area (Å²) < 4.78 is 38.2. The van der Waals surface area contributed by atoms with E-state index < -0.39 is 16.0 Å². The van der Waals surface area contributed by atoms with Crippen LogP contribution < -0.4 is 10.0 Å². The normalized spacial score (nSPS) is 22.5. The van der Waals surface area contributed by atoms with Crippen molar-refractivity contribution in [2.45, 2.75) is 38.1 Å². The molecule has 124 valence electrons. The number of methoxy groups -OCH3 is 1. The molecule has 1 aromatic rings. The third-order valence-electron chi connectivity index (χ3n) is 3.96. The maximum Gasteiger partial charge on any atom is 0.342 e. The van der Waals surface area contributed by atoms with E-state index in [2.05, 4.69) is 14.8 Å². The van der Waals surface area contributed by atoms with Crippen molar-refractivity contribution in [3.05, 3.63) is 17.1 Å². The molecule has 0 saturated carbocycles. The van der Waals surface area contributed by atoms with Gasteiger partial charge in [-0.25, -0.2) is 17.9 Å². The number of furan rings is 1. The van der Waals surface area contributed by atoms with Crippen molar-refractivity contribution in [2.75, 3.05) is 20.2 Å². The first kappa shape index (κ1) is 17.0. The molecule has 1 saturated heterocycles. The van der Waals surface area contributed by atoms with Crippen LogP contribution in [0.25, 0.3) is 0 Å². The highest BCUT2D eigenvalue weighted by Gasteiger charge is 2.34. The van der Waals surface area contributed by atoms with Gasteiger partial charge >= 0.3 is 5.97 Å². The van der Waals surface area contributed by atoms with Crippen molar-refractivity contribution in [3.63, 3.8) is 0 Å². The average molecular weight is 330 g/mol. The van der Waals surface area contributed by atoms with Crippen molar-refractivity contribution in [3.8, 4) is 0 Å². The second kappa shape index (κ2) is 6.39. The van der Waals surface area contributed by atoms with Crippen LogP contribution in [0.1, 0.15) is 35.2 Å². The van der Waals surface area contributed by atoms with Gasteiger partial charge in [0.25, 0.3) is 0 Å². The Labute approximate surface area is 130 Å². The van der Waals surface area contributed by atoms with E-state index in [1.165, 1.54) is 14.0 Å². The Morgan fingerprint density at radius 2 is 2.05 bits per heavy atom. The van der Waals surface area contributed by atoms with Gasteiger partial charge in [0.1, 0.15) is 22.0 Å². The molecule has 2 rings (SSSR count). The zero-order valence-corrected chi connectivity index (χ0v) is 14.0. The van der Waals surface area contributed by atoms with Gasteiger partial charge in [0.15, 0.2) is 0 Å². The van der Waals surface area contributed by atoms with Crippen LogP contribution in [0.15, 0.2) is 9.31 Å². The Bertz CT molecular complexity index is 665. The van der Waals surface area contributed by atoms with Gasteiger partial charge in [0.2, 0.25) is 10.0 Å². The molecule has 0 bridgehead atoms. The first-order chi connectivity index (χ1) is 10.3. The van der Waals surface area contributed by atoms with E-state index in [0.717, 1.165) is 13.1 Å². The molecule has 7 nitrogen and oxygen atoms in total.